The smallest absolute Gasteiger partial charge is 0.378 e. The molecule has 10 amide bonds. The van der Waals surface area contributed by atoms with Crippen LogP contribution >= 0.6 is 22.7 Å². The van der Waals surface area contributed by atoms with Gasteiger partial charge in [-0.3, -0.25) is 39.4 Å². The number of hydrogen-bond donors (Lipinski definition) is 6. The molecular weight excluding hydrogens is 930 g/mol. The Hall–Kier alpha value is -6.85. The number of thiophene rings is 2. The molecule has 2 atom stereocenters. The summed E-state index contributed by atoms with van der Waals surface area (Å²) in [6, 6.07) is 10.4. The monoisotopic (exact) mass is 978 g/mol. The minimum absolute atomic E-state index is 0.00948. The zero-order chi connectivity index (χ0) is 49.2. The van der Waals surface area contributed by atoms with E-state index >= 15 is 0 Å². The Bertz CT molecular complexity index is 2700. The van der Waals surface area contributed by atoms with E-state index in [1.165, 1.54) is 49.0 Å². The van der Waals surface area contributed by atoms with E-state index in [1.807, 2.05) is 45.3 Å². The molecule has 0 spiro atoms. The molecule has 0 radical (unpaired) electrons. The summed E-state index contributed by atoms with van der Waals surface area (Å²) in [7, 11) is 7.19. The lowest BCUT2D eigenvalue weighted by molar-refractivity contribution is -0.138. The third-order valence-electron chi connectivity index (χ3n) is 11.4. The van der Waals surface area contributed by atoms with Crippen LogP contribution in [0, 0.1) is 6.92 Å². The highest BCUT2D eigenvalue weighted by Crippen LogP contribution is 2.36. The number of imide groups is 2. The Kier molecular flexibility index (Phi) is 14.6. The van der Waals surface area contributed by atoms with Crippen LogP contribution in [0.3, 0.4) is 0 Å². The number of fused-ring (bicyclic) bond motifs is 2. The number of piperidine rings is 2. The van der Waals surface area contributed by atoms with Crippen molar-refractivity contribution in [2.45, 2.75) is 83.6 Å². The molecule has 4 aromatic rings. The van der Waals surface area contributed by atoms with Crippen LogP contribution < -0.4 is 36.8 Å². The predicted molar refractivity (Wildman–Crippen MR) is 247 cm³/mol. The minimum Gasteiger partial charge on any atom is -0.378 e. The molecule has 4 aliphatic rings. The number of alkyl halides is 3. The minimum atomic E-state index is -4.56. The van der Waals surface area contributed by atoms with Gasteiger partial charge in [-0.05, 0) is 98.6 Å². The normalized spacial score (nSPS) is 17.8. The number of amides is 10. The highest BCUT2D eigenvalue weighted by atomic mass is 32.1. The predicted octanol–water partition coefficient (Wildman–Crippen LogP) is 5.12. The molecule has 4 aliphatic heterocycles. The van der Waals surface area contributed by atoms with Crippen LogP contribution in [-0.4, -0.2) is 102 Å². The summed E-state index contributed by atoms with van der Waals surface area (Å²) in [5.41, 5.74) is 3.99. The first kappa shape index (κ1) is 49.1. The number of carbonyl (C=O) groups is 8. The number of nitrogens with zero attached hydrogens (tertiary/aromatic N) is 4. The van der Waals surface area contributed by atoms with E-state index in [4.69, 9.17) is 0 Å². The number of nitrogens with one attached hydrogen (secondary N) is 6. The fourth-order valence-electron chi connectivity index (χ4n) is 8.03. The van der Waals surface area contributed by atoms with Crippen molar-refractivity contribution in [1.82, 2.24) is 36.0 Å². The van der Waals surface area contributed by atoms with Crippen LogP contribution in [0.5, 0.6) is 0 Å². The molecule has 2 unspecified atom stereocenters. The summed E-state index contributed by atoms with van der Waals surface area (Å²) in [5, 5.41) is 15.2. The first-order chi connectivity index (χ1) is 32.1. The summed E-state index contributed by atoms with van der Waals surface area (Å²) in [5.74, 6) is -2.08. The van der Waals surface area contributed by atoms with Crippen molar-refractivity contribution in [1.29, 1.82) is 0 Å². The summed E-state index contributed by atoms with van der Waals surface area (Å²) in [6.45, 7) is 3.75. The third kappa shape index (κ3) is 11.5. The van der Waals surface area contributed by atoms with Gasteiger partial charge in [0.1, 0.15) is 12.1 Å². The molecule has 68 heavy (non-hydrogen) atoms. The van der Waals surface area contributed by atoms with Gasteiger partial charge in [0.05, 0.1) is 28.4 Å². The van der Waals surface area contributed by atoms with Crippen LogP contribution in [0.15, 0.2) is 48.5 Å². The summed E-state index contributed by atoms with van der Waals surface area (Å²) in [6.07, 6.45) is -3.55. The number of anilines is 3. The number of benzene rings is 2. The summed E-state index contributed by atoms with van der Waals surface area (Å²) in [4.78, 5) is 106. The lowest BCUT2D eigenvalue weighted by Crippen LogP contribution is -2.52. The number of urea groups is 2. The first-order valence-corrected chi connectivity index (χ1v) is 23.0. The summed E-state index contributed by atoms with van der Waals surface area (Å²) >= 11 is 2.49. The molecule has 23 heteroatoms. The van der Waals surface area contributed by atoms with Gasteiger partial charge in [-0.1, -0.05) is 6.07 Å². The lowest BCUT2D eigenvalue weighted by atomic mass is 10.0. The molecule has 2 fully saturated rings. The van der Waals surface area contributed by atoms with Crippen molar-refractivity contribution < 1.29 is 51.5 Å². The van der Waals surface area contributed by atoms with Crippen molar-refractivity contribution in [2.24, 2.45) is 0 Å². The maximum atomic E-state index is 13.2. The van der Waals surface area contributed by atoms with Gasteiger partial charge in [0.25, 0.3) is 11.8 Å². The average Bonchev–Trinajstić information content (AvgIpc) is 4.01. The lowest BCUT2D eigenvalue weighted by Gasteiger charge is -2.29. The molecule has 0 saturated carbocycles. The zero-order valence-electron chi connectivity index (χ0n) is 37.6. The first-order valence-electron chi connectivity index (χ1n) is 21.4. The van der Waals surface area contributed by atoms with Gasteiger partial charge in [-0.25, -0.2) is 9.59 Å². The van der Waals surface area contributed by atoms with Gasteiger partial charge < -0.3 is 40.9 Å². The molecule has 360 valence electrons. The Morgan fingerprint density at radius 2 is 1.21 bits per heavy atom. The van der Waals surface area contributed by atoms with Gasteiger partial charge in [0.15, 0.2) is 0 Å². The van der Waals surface area contributed by atoms with Crippen molar-refractivity contribution >= 4 is 87.2 Å². The quantitative estimate of drug-likeness (QED) is 0.109. The van der Waals surface area contributed by atoms with Gasteiger partial charge in [-0.15, -0.1) is 22.7 Å². The number of carbonyl (C=O) groups excluding carboxylic acids is 8. The Morgan fingerprint density at radius 3 is 1.65 bits per heavy atom. The van der Waals surface area contributed by atoms with Crippen molar-refractivity contribution in [3.63, 3.8) is 0 Å². The molecule has 0 aliphatic carbocycles. The molecule has 6 N–H and O–H groups in total. The maximum absolute atomic E-state index is 13.2. The molecule has 2 aromatic heterocycles. The van der Waals surface area contributed by atoms with Crippen LogP contribution in [0.4, 0.5) is 39.8 Å². The third-order valence-corrected chi connectivity index (χ3v) is 13.8. The van der Waals surface area contributed by atoms with Crippen molar-refractivity contribution in [3.8, 4) is 0 Å². The highest BCUT2D eigenvalue weighted by Gasteiger charge is 2.42. The molecule has 18 nitrogen and oxygen atoms in total. The van der Waals surface area contributed by atoms with E-state index in [1.54, 1.807) is 20.2 Å². The molecule has 2 aromatic carbocycles. The van der Waals surface area contributed by atoms with Crippen LogP contribution in [0.2, 0.25) is 0 Å². The second-order valence-electron chi connectivity index (χ2n) is 17.1. The fourth-order valence-corrected chi connectivity index (χ4v) is 10.2. The second kappa shape index (κ2) is 20.2. The molecular formula is C45H49F3N10O8S2. The van der Waals surface area contributed by atoms with E-state index in [2.05, 4.69) is 36.8 Å². The fraction of sp³-hybridized carbons (Fsp3) is 0.378. The molecule has 2 saturated heterocycles. The topological polar surface area (TPSA) is 222 Å². The van der Waals surface area contributed by atoms with Gasteiger partial charge in [0.2, 0.25) is 23.6 Å². The zero-order valence-corrected chi connectivity index (χ0v) is 39.3. The average molecular weight is 979 g/mol. The van der Waals surface area contributed by atoms with Crippen LogP contribution in [0.25, 0.3) is 0 Å². The van der Waals surface area contributed by atoms with Gasteiger partial charge >= 0.3 is 18.2 Å². The maximum Gasteiger partial charge on any atom is 0.416 e. The van der Waals surface area contributed by atoms with Crippen LogP contribution in [-0.2, 0) is 58.1 Å². The summed E-state index contributed by atoms with van der Waals surface area (Å²) < 4.78 is 39.6. The Morgan fingerprint density at radius 1 is 0.706 bits per heavy atom. The highest BCUT2D eigenvalue weighted by molar-refractivity contribution is 7.14. The van der Waals surface area contributed by atoms with Gasteiger partial charge in [0, 0.05) is 73.4 Å². The molecule has 6 heterocycles. The van der Waals surface area contributed by atoms with E-state index < -0.39 is 41.7 Å². The standard InChI is InChI=1S/C23H27N5O4S.C22H22F3N5O4S/c1-13-4-5-16(8-14(13)11-27(2)3)25-23(32)24-10-17-9-15-12-28(22(31)20(15)33-17)18-6-7-19(29)26-21(18)30;1-29(2)14-7-12(22(23,24)25)6-13(8-14)27-21(34)26-9-15-5-11-10-30(20(33)18(11)35-15)16-3-4-17(31)28-19(16)32/h4-5,8-9,18H,6-7,10-12H2,1-3H3,(H2,24,25,32)(H,26,29,30);5-8,16H,3-4,9-10H2,1-2H3,(H2,26,27,34)(H,28,31,32). The SMILES string of the molecule is CN(C)c1cc(NC(=O)NCc2cc3c(s2)C(=O)N(C2CCC(=O)NC2=O)C3)cc(C(F)(F)F)c1.Cc1ccc(NC(=O)NCc2cc3c(s2)C(=O)N(C2CCC(=O)NC2=O)C3)cc1CN(C)C. The molecule has 8 rings (SSSR count). The second-order valence-corrected chi connectivity index (χ2v) is 19.4. The van der Waals surface area contributed by atoms with Crippen molar-refractivity contribution in [2.75, 3.05) is 43.7 Å². The Balaban J connectivity index is 0.000000202. The van der Waals surface area contributed by atoms with Gasteiger partial charge in [-0.2, -0.15) is 13.2 Å². The van der Waals surface area contributed by atoms with E-state index in [-0.39, 0.29) is 73.4 Å². The van der Waals surface area contributed by atoms with E-state index in [9.17, 15) is 51.5 Å². The number of hydrogen-bond acceptors (Lipinski definition) is 12. The van der Waals surface area contributed by atoms with Crippen LogP contribution in [0.1, 0.15) is 82.6 Å². The van der Waals surface area contributed by atoms with E-state index in [0.29, 0.717) is 34.1 Å². The Labute approximate surface area is 396 Å². The molecule has 0 bridgehead atoms. The number of halogens is 3. The number of rotatable bonds is 11. The largest absolute Gasteiger partial charge is 0.416 e. The van der Waals surface area contributed by atoms with Crippen molar-refractivity contribution in [3.05, 3.63) is 95.9 Å². The van der Waals surface area contributed by atoms with E-state index in [0.717, 1.165) is 45.9 Å². The number of aryl methyl sites for hydroxylation is 1.